The third-order valence-corrected chi connectivity index (χ3v) is 9.57. The first-order valence-electron chi connectivity index (χ1n) is 15.5. The predicted octanol–water partition coefficient (Wildman–Crippen LogP) is 6.63. The van der Waals surface area contributed by atoms with Crippen LogP contribution in [0.25, 0.3) is 0 Å². The fraction of sp³-hybridized carbons (Fsp3) is 0.697. The van der Waals surface area contributed by atoms with Crippen molar-refractivity contribution in [3.05, 3.63) is 15.8 Å². The van der Waals surface area contributed by atoms with Crippen molar-refractivity contribution >= 4 is 41.0 Å². The van der Waals surface area contributed by atoms with E-state index in [4.69, 9.17) is 9.47 Å². The highest BCUT2D eigenvalue weighted by atomic mass is 32.1. The third kappa shape index (κ3) is 9.46. The molecule has 0 saturated heterocycles. The van der Waals surface area contributed by atoms with E-state index >= 15 is 0 Å². The largest absolute Gasteiger partial charge is 0.477 e. The number of anilines is 1. The maximum absolute atomic E-state index is 14.2. The molecule has 238 valence electrons. The number of hydrogen-bond acceptors (Lipinski definition) is 7. The molecule has 2 N–H and O–H groups in total. The van der Waals surface area contributed by atoms with Crippen molar-refractivity contribution in [2.45, 2.75) is 118 Å². The van der Waals surface area contributed by atoms with E-state index in [-0.39, 0.29) is 40.2 Å². The van der Waals surface area contributed by atoms with E-state index in [9.17, 15) is 24.3 Å². The van der Waals surface area contributed by atoms with Crippen LogP contribution in [0.15, 0.2) is 6.07 Å². The number of methoxy groups -OCH3 is 1. The molecule has 0 aliphatic heterocycles. The number of carboxylic acid groups (broad SMARTS) is 1. The minimum atomic E-state index is -1.07. The van der Waals surface area contributed by atoms with Crippen LogP contribution in [0.5, 0.6) is 0 Å². The Morgan fingerprint density at radius 3 is 2.26 bits per heavy atom. The van der Waals surface area contributed by atoms with Crippen molar-refractivity contribution in [3.63, 3.8) is 0 Å². The monoisotopic (exact) mass is 616 g/mol. The summed E-state index contributed by atoms with van der Waals surface area (Å²) in [6.45, 7) is 12.0. The summed E-state index contributed by atoms with van der Waals surface area (Å²) < 4.78 is 10.5. The van der Waals surface area contributed by atoms with Gasteiger partial charge in [-0.1, -0.05) is 39.0 Å². The molecule has 2 aliphatic carbocycles. The zero-order valence-electron chi connectivity index (χ0n) is 26.7. The van der Waals surface area contributed by atoms with E-state index in [1.165, 1.54) is 7.11 Å². The van der Waals surface area contributed by atoms with Gasteiger partial charge in [0.15, 0.2) is 0 Å². The number of nitrogens with one attached hydrogen (secondary N) is 1. The molecule has 2 saturated carbocycles. The van der Waals surface area contributed by atoms with Gasteiger partial charge in [-0.15, -0.1) is 11.3 Å². The van der Waals surface area contributed by atoms with Crippen LogP contribution in [0.3, 0.4) is 0 Å². The Bertz CT molecular complexity index is 1210. The molecule has 1 heterocycles. The summed E-state index contributed by atoms with van der Waals surface area (Å²) in [6.07, 6.45) is 5.31. The van der Waals surface area contributed by atoms with Crippen molar-refractivity contribution in [1.29, 1.82) is 0 Å². The van der Waals surface area contributed by atoms with E-state index in [1.54, 1.807) is 11.0 Å². The van der Waals surface area contributed by atoms with Crippen molar-refractivity contribution in [1.82, 2.24) is 5.32 Å². The molecule has 0 aromatic carbocycles. The molecular formula is C33H48N2O7S. The number of carboxylic acids is 1. The lowest BCUT2D eigenvalue weighted by atomic mass is 9.81. The minimum absolute atomic E-state index is 0.0258. The summed E-state index contributed by atoms with van der Waals surface area (Å²) in [7, 11) is 1.25. The summed E-state index contributed by atoms with van der Waals surface area (Å²) in [4.78, 5) is 53.9. The second-order valence-corrected chi connectivity index (χ2v) is 14.2. The topological polar surface area (TPSA) is 122 Å². The Morgan fingerprint density at radius 2 is 1.72 bits per heavy atom. The van der Waals surface area contributed by atoms with Gasteiger partial charge in [0.2, 0.25) is 5.91 Å². The maximum Gasteiger partial charge on any atom is 0.407 e. The van der Waals surface area contributed by atoms with Crippen LogP contribution in [0.1, 0.15) is 114 Å². The van der Waals surface area contributed by atoms with Gasteiger partial charge in [0, 0.05) is 17.4 Å². The van der Waals surface area contributed by atoms with Crippen LogP contribution >= 0.6 is 11.3 Å². The third-order valence-electron chi connectivity index (χ3n) is 8.55. The minimum Gasteiger partial charge on any atom is -0.477 e. The summed E-state index contributed by atoms with van der Waals surface area (Å²) in [5.41, 5.74) is 0.164. The van der Waals surface area contributed by atoms with Crippen molar-refractivity contribution in [3.8, 4) is 11.8 Å². The van der Waals surface area contributed by atoms with Crippen molar-refractivity contribution in [2.75, 3.05) is 12.0 Å². The molecule has 2 amide bonds. The molecule has 2 aliphatic rings. The highest BCUT2D eigenvalue weighted by molar-refractivity contribution is 7.15. The van der Waals surface area contributed by atoms with Gasteiger partial charge in [0.1, 0.15) is 17.0 Å². The van der Waals surface area contributed by atoms with E-state index < -0.39 is 24.1 Å². The van der Waals surface area contributed by atoms with Crippen LogP contribution in [-0.2, 0) is 19.1 Å². The number of thiophene rings is 1. The first-order valence-corrected chi connectivity index (χ1v) is 16.3. The average Bonchev–Trinajstić information content (AvgIpc) is 3.39. The number of esters is 1. The second-order valence-electron chi connectivity index (χ2n) is 13.2. The summed E-state index contributed by atoms with van der Waals surface area (Å²) in [6, 6.07) is 0.715. The van der Waals surface area contributed by atoms with Crippen molar-refractivity contribution < 1.29 is 33.8 Å². The smallest absolute Gasteiger partial charge is 0.407 e. The number of ether oxygens (including phenoxy) is 2. The fourth-order valence-corrected chi connectivity index (χ4v) is 6.58. The zero-order chi connectivity index (χ0) is 31.9. The number of amides is 2. The number of rotatable bonds is 9. The van der Waals surface area contributed by atoms with Gasteiger partial charge in [-0.2, -0.15) is 0 Å². The number of alkyl carbamates (subject to hydrolysis) is 1. The van der Waals surface area contributed by atoms with Gasteiger partial charge < -0.3 is 24.8 Å². The number of hydrogen-bond donors (Lipinski definition) is 2. The van der Waals surface area contributed by atoms with Crippen LogP contribution in [-0.4, -0.2) is 54.3 Å². The zero-order valence-corrected chi connectivity index (χ0v) is 27.5. The molecule has 2 fully saturated rings. The quantitative estimate of drug-likeness (QED) is 0.236. The van der Waals surface area contributed by atoms with Crippen LogP contribution in [0.2, 0.25) is 0 Å². The summed E-state index contributed by atoms with van der Waals surface area (Å²) >= 11 is 1.11. The first-order chi connectivity index (χ1) is 20.2. The SMILES string of the molecule is CC[C@@H](C)[C@@H](NC(=O)OC)C(=O)O[C@H]1CC[C@H](N(c2cc(C#CC(C)(C)C)sc2C(=O)O)C(=O)[C@H]2CC[C@H](C)CC2)CC1. The average molecular weight is 617 g/mol. The van der Waals surface area contributed by atoms with Crippen molar-refractivity contribution in [2.24, 2.45) is 23.2 Å². The predicted molar refractivity (Wildman–Crippen MR) is 167 cm³/mol. The summed E-state index contributed by atoms with van der Waals surface area (Å²) in [5.74, 6) is 4.98. The Kier molecular flexibility index (Phi) is 12.1. The molecule has 10 heteroatoms. The van der Waals surface area contributed by atoms with Gasteiger partial charge >= 0.3 is 18.0 Å². The first kappa shape index (κ1) is 34.4. The molecule has 3 rings (SSSR count). The van der Waals surface area contributed by atoms with E-state index in [2.05, 4.69) is 24.1 Å². The van der Waals surface area contributed by atoms with Gasteiger partial charge in [-0.3, -0.25) is 4.79 Å². The normalized spacial score (nSPS) is 23.6. The molecule has 0 radical (unpaired) electrons. The summed E-state index contributed by atoms with van der Waals surface area (Å²) in [5, 5.41) is 12.7. The number of carbonyl (C=O) groups excluding carboxylic acids is 3. The molecule has 1 aromatic rings. The Balaban J connectivity index is 1.85. The van der Waals surface area contributed by atoms with E-state index in [0.717, 1.165) is 37.0 Å². The van der Waals surface area contributed by atoms with Crippen LogP contribution < -0.4 is 10.2 Å². The van der Waals surface area contributed by atoms with Crippen LogP contribution in [0, 0.1) is 35.0 Å². The van der Waals surface area contributed by atoms with Gasteiger partial charge in [0.25, 0.3) is 0 Å². The van der Waals surface area contributed by atoms with Gasteiger partial charge in [-0.05, 0) is 90.0 Å². The van der Waals surface area contributed by atoms with Gasteiger partial charge in [-0.25, -0.2) is 14.4 Å². The maximum atomic E-state index is 14.2. The second kappa shape index (κ2) is 15.1. The molecule has 0 unspecified atom stereocenters. The molecular weight excluding hydrogens is 568 g/mol. The molecule has 9 nitrogen and oxygen atoms in total. The lowest BCUT2D eigenvalue weighted by Gasteiger charge is -2.39. The fourth-order valence-electron chi connectivity index (χ4n) is 5.74. The number of aromatic carboxylic acids is 1. The molecule has 43 heavy (non-hydrogen) atoms. The van der Waals surface area contributed by atoms with E-state index in [1.807, 2.05) is 34.6 Å². The Labute approximate surface area is 260 Å². The standard InChI is InChI=1S/C33H48N2O7S/c1-8-21(3)27(34-32(40)41-7)31(39)42-24-15-13-23(14-16-24)35(29(36)22-11-9-20(2)10-12-22)26-19-25(17-18-33(4,5)6)43-28(26)30(37)38/h19-24,27H,8-16H2,1-7H3,(H,34,40)(H,37,38)/t20-,21-,22-,23-,24-,27-/m1/s1. The Hall–Kier alpha value is -3.06. The Morgan fingerprint density at radius 1 is 1.09 bits per heavy atom. The lowest BCUT2D eigenvalue weighted by molar-refractivity contribution is -0.154. The highest BCUT2D eigenvalue weighted by Gasteiger charge is 2.39. The lowest BCUT2D eigenvalue weighted by Crippen LogP contribution is -2.49. The molecule has 0 bridgehead atoms. The van der Waals surface area contributed by atoms with E-state index in [0.29, 0.717) is 48.6 Å². The highest BCUT2D eigenvalue weighted by Crippen LogP contribution is 2.39. The number of carbonyl (C=O) groups is 4. The molecule has 2 atom stereocenters. The molecule has 1 aromatic heterocycles. The van der Waals surface area contributed by atoms with Crippen LogP contribution in [0.4, 0.5) is 10.5 Å². The van der Waals surface area contributed by atoms with Gasteiger partial charge in [0.05, 0.1) is 17.7 Å². The number of nitrogens with zero attached hydrogens (tertiary/aromatic N) is 1. The molecule has 0 spiro atoms.